The fourth-order valence-corrected chi connectivity index (χ4v) is 3.08. The van der Waals surface area contributed by atoms with Crippen LogP contribution in [-0.4, -0.2) is 22.1 Å². The van der Waals surface area contributed by atoms with E-state index in [4.69, 9.17) is 16.3 Å². The molecule has 5 nitrogen and oxygen atoms in total. The van der Waals surface area contributed by atoms with Gasteiger partial charge in [-0.1, -0.05) is 41.9 Å². The molecule has 1 N–H and O–H groups in total. The Kier molecular flexibility index (Phi) is 6.71. The van der Waals surface area contributed by atoms with Crippen LogP contribution in [0.5, 0.6) is 5.75 Å². The number of imidazole rings is 1. The first-order chi connectivity index (χ1) is 13.5. The molecule has 28 heavy (non-hydrogen) atoms. The summed E-state index contributed by atoms with van der Waals surface area (Å²) in [6.45, 7) is 2.40. The van der Waals surface area contributed by atoms with Crippen LogP contribution in [0, 0.1) is 6.92 Å². The molecule has 6 heteroatoms. The Bertz CT molecular complexity index is 925. The standard InChI is InChI=1S/C22H24ClN3O2/c1-16-15-18(10-11-19(16)23)28-14-6-9-20(27)25-21(17-7-4-3-5-8-17)22-24-12-13-26(22)2/h3-5,7-8,10-13,15,21H,6,9,14H2,1-2H3,(H,25,27)/t21-/m1/s1. The highest BCUT2D eigenvalue weighted by molar-refractivity contribution is 6.31. The number of aromatic nitrogens is 2. The van der Waals surface area contributed by atoms with Crippen molar-refractivity contribution in [1.29, 1.82) is 0 Å². The summed E-state index contributed by atoms with van der Waals surface area (Å²) in [6, 6.07) is 15.1. The van der Waals surface area contributed by atoms with Crippen molar-refractivity contribution in [3.63, 3.8) is 0 Å². The van der Waals surface area contributed by atoms with Crippen molar-refractivity contribution in [2.45, 2.75) is 25.8 Å². The molecule has 146 valence electrons. The van der Waals surface area contributed by atoms with Gasteiger partial charge in [-0.2, -0.15) is 0 Å². The molecule has 3 rings (SSSR count). The van der Waals surface area contributed by atoms with Crippen LogP contribution in [0.4, 0.5) is 0 Å². The Morgan fingerprint density at radius 1 is 1.25 bits per heavy atom. The van der Waals surface area contributed by atoms with Gasteiger partial charge in [-0.05, 0) is 42.7 Å². The maximum absolute atomic E-state index is 12.5. The van der Waals surface area contributed by atoms with Crippen LogP contribution < -0.4 is 10.1 Å². The summed E-state index contributed by atoms with van der Waals surface area (Å²) >= 11 is 6.02. The van der Waals surface area contributed by atoms with Gasteiger partial charge in [0.1, 0.15) is 17.6 Å². The summed E-state index contributed by atoms with van der Waals surface area (Å²) in [7, 11) is 1.92. The van der Waals surface area contributed by atoms with Crippen molar-refractivity contribution in [2.24, 2.45) is 7.05 Å². The topological polar surface area (TPSA) is 56.1 Å². The third kappa shape index (κ3) is 5.14. The molecular formula is C22H24ClN3O2. The maximum atomic E-state index is 12.5. The number of hydrogen-bond donors (Lipinski definition) is 1. The van der Waals surface area contributed by atoms with E-state index in [0.29, 0.717) is 24.5 Å². The van der Waals surface area contributed by atoms with Crippen molar-refractivity contribution < 1.29 is 9.53 Å². The summed E-state index contributed by atoms with van der Waals surface area (Å²) in [6.07, 6.45) is 4.61. The molecule has 0 saturated heterocycles. The number of rotatable bonds is 8. The van der Waals surface area contributed by atoms with Crippen LogP contribution in [0.3, 0.4) is 0 Å². The van der Waals surface area contributed by atoms with Gasteiger partial charge in [-0.3, -0.25) is 4.79 Å². The minimum absolute atomic E-state index is 0.0345. The summed E-state index contributed by atoms with van der Waals surface area (Å²) in [5, 5.41) is 3.81. The quantitative estimate of drug-likeness (QED) is 0.571. The second-order valence-electron chi connectivity index (χ2n) is 6.67. The molecule has 1 heterocycles. The zero-order valence-corrected chi connectivity index (χ0v) is 16.8. The summed E-state index contributed by atoms with van der Waals surface area (Å²) in [5.41, 5.74) is 1.97. The van der Waals surface area contributed by atoms with E-state index in [1.807, 2.05) is 73.3 Å². The molecule has 0 aliphatic heterocycles. The Balaban J connectivity index is 1.55. The summed E-state index contributed by atoms with van der Waals surface area (Å²) < 4.78 is 7.64. The first-order valence-corrected chi connectivity index (χ1v) is 9.63. The zero-order chi connectivity index (χ0) is 19.9. The molecule has 0 bridgehead atoms. The fourth-order valence-electron chi connectivity index (χ4n) is 2.96. The van der Waals surface area contributed by atoms with E-state index in [2.05, 4.69) is 10.3 Å². The van der Waals surface area contributed by atoms with Crippen molar-refractivity contribution in [3.05, 3.63) is 82.9 Å². The number of hydrogen-bond acceptors (Lipinski definition) is 3. The number of carbonyl (C=O) groups excluding carboxylic acids is 1. The number of halogens is 1. The molecule has 1 amide bonds. The first-order valence-electron chi connectivity index (χ1n) is 9.25. The number of benzene rings is 2. The van der Waals surface area contributed by atoms with Crippen molar-refractivity contribution in [1.82, 2.24) is 14.9 Å². The normalized spacial score (nSPS) is 11.8. The molecule has 1 aromatic heterocycles. The summed E-state index contributed by atoms with van der Waals surface area (Å²) in [4.78, 5) is 16.9. The van der Waals surface area contributed by atoms with Gasteiger partial charge in [0.15, 0.2) is 0 Å². The van der Waals surface area contributed by atoms with Crippen LogP contribution in [0.2, 0.25) is 5.02 Å². The van der Waals surface area contributed by atoms with Crippen molar-refractivity contribution in [3.8, 4) is 5.75 Å². The third-order valence-electron chi connectivity index (χ3n) is 4.50. The van der Waals surface area contributed by atoms with E-state index in [0.717, 1.165) is 22.7 Å². The van der Waals surface area contributed by atoms with Crippen LogP contribution in [0.15, 0.2) is 60.9 Å². The van der Waals surface area contributed by atoms with Gasteiger partial charge in [0.25, 0.3) is 0 Å². The minimum atomic E-state index is -0.284. The molecule has 0 unspecified atom stereocenters. The summed E-state index contributed by atoms with van der Waals surface area (Å²) in [5.74, 6) is 1.53. The Morgan fingerprint density at radius 3 is 2.71 bits per heavy atom. The highest BCUT2D eigenvalue weighted by Gasteiger charge is 2.20. The second-order valence-corrected chi connectivity index (χ2v) is 7.08. The predicted molar refractivity (Wildman–Crippen MR) is 111 cm³/mol. The molecular weight excluding hydrogens is 374 g/mol. The molecule has 0 spiro atoms. The fraction of sp³-hybridized carbons (Fsp3) is 0.273. The van der Waals surface area contributed by atoms with Crippen LogP contribution in [0.25, 0.3) is 0 Å². The number of carbonyl (C=O) groups is 1. The Hall–Kier alpha value is -2.79. The molecule has 0 aliphatic carbocycles. The Morgan fingerprint density at radius 2 is 2.04 bits per heavy atom. The lowest BCUT2D eigenvalue weighted by Gasteiger charge is -2.19. The highest BCUT2D eigenvalue weighted by Crippen LogP contribution is 2.22. The first kappa shape index (κ1) is 20.0. The molecule has 0 aliphatic rings. The second kappa shape index (κ2) is 9.42. The SMILES string of the molecule is Cc1cc(OCCCC(=O)N[C@H](c2ccccc2)c2nccn2C)ccc1Cl. The van der Waals surface area contributed by atoms with Crippen LogP contribution in [0.1, 0.15) is 35.8 Å². The largest absolute Gasteiger partial charge is 0.494 e. The predicted octanol–water partition coefficient (Wildman–Crippen LogP) is 4.45. The molecule has 0 fully saturated rings. The maximum Gasteiger partial charge on any atom is 0.220 e. The van der Waals surface area contributed by atoms with Gasteiger partial charge in [-0.25, -0.2) is 4.98 Å². The lowest BCUT2D eigenvalue weighted by atomic mass is 10.1. The number of aryl methyl sites for hydroxylation is 2. The molecule has 3 aromatic rings. The zero-order valence-electron chi connectivity index (χ0n) is 16.1. The number of ether oxygens (including phenoxy) is 1. The van der Waals surface area contributed by atoms with Gasteiger partial charge in [0.2, 0.25) is 5.91 Å². The van der Waals surface area contributed by atoms with Gasteiger partial charge in [-0.15, -0.1) is 0 Å². The van der Waals surface area contributed by atoms with E-state index < -0.39 is 0 Å². The lowest BCUT2D eigenvalue weighted by Crippen LogP contribution is -2.31. The monoisotopic (exact) mass is 397 g/mol. The number of amides is 1. The van der Waals surface area contributed by atoms with Crippen molar-refractivity contribution >= 4 is 17.5 Å². The lowest BCUT2D eigenvalue weighted by molar-refractivity contribution is -0.121. The molecule has 2 aromatic carbocycles. The van der Waals surface area contributed by atoms with Gasteiger partial charge >= 0.3 is 0 Å². The third-order valence-corrected chi connectivity index (χ3v) is 4.93. The minimum Gasteiger partial charge on any atom is -0.494 e. The van der Waals surface area contributed by atoms with E-state index in [1.165, 1.54) is 0 Å². The smallest absolute Gasteiger partial charge is 0.220 e. The van der Waals surface area contributed by atoms with Gasteiger partial charge < -0.3 is 14.6 Å². The highest BCUT2D eigenvalue weighted by atomic mass is 35.5. The molecule has 0 saturated carbocycles. The molecule has 0 radical (unpaired) electrons. The molecule has 1 atom stereocenters. The van der Waals surface area contributed by atoms with Crippen LogP contribution in [-0.2, 0) is 11.8 Å². The van der Waals surface area contributed by atoms with E-state index in [1.54, 1.807) is 6.20 Å². The van der Waals surface area contributed by atoms with Gasteiger partial charge in [0, 0.05) is 30.9 Å². The van der Waals surface area contributed by atoms with Crippen molar-refractivity contribution in [2.75, 3.05) is 6.61 Å². The van der Waals surface area contributed by atoms with Gasteiger partial charge in [0.05, 0.1) is 6.61 Å². The average molecular weight is 398 g/mol. The van der Waals surface area contributed by atoms with E-state index >= 15 is 0 Å². The Labute approximate surface area is 170 Å². The van der Waals surface area contributed by atoms with E-state index in [-0.39, 0.29) is 11.9 Å². The van der Waals surface area contributed by atoms with Crippen LogP contribution >= 0.6 is 11.6 Å². The number of nitrogens with one attached hydrogen (secondary N) is 1. The average Bonchev–Trinajstić information content (AvgIpc) is 3.12. The number of nitrogens with zero attached hydrogens (tertiary/aromatic N) is 2. The van der Waals surface area contributed by atoms with E-state index in [9.17, 15) is 4.79 Å².